The van der Waals surface area contributed by atoms with E-state index in [1.54, 1.807) is 0 Å². The molecule has 2 aromatic heterocycles. The predicted octanol–water partition coefficient (Wildman–Crippen LogP) is 13.0. The fourth-order valence-corrected chi connectivity index (χ4v) is 7.62. The molecule has 0 aliphatic rings. The van der Waals surface area contributed by atoms with Crippen LogP contribution in [-0.2, 0) is 0 Å². The van der Waals surface area contributed by atoms with E-state index in [1.165, 1.54) is 0 Å². The van der Waals surface area contributed by atoms with E-state index in [9.17, 15) is 5.26 Å². The lowest BCUT2D eigenvalue weighted by Crippen LogP contribution is -2.01. The van der Waals surface area contributed by atoms with Crippen LogP contribution in [0.4, 0.5) is 0 Å². The van der Waals surface area contributed by atoms with Gasteiger partial charge in [-0.15, -0.1) is 0 Å². The molecule has 0 unspecified atom stereocenters. The maximum atomic E-state index is 9.35. The molecule has 0 fully saturated rings. The van der Waals surface area contributed by atoms with Gasteiger partial charge in [-0.3, -0.25) is 0 Å². The SMILES string of the molecule is N#Cc1ccc(-c2cccc(-c3nc(-c4ccccc4)nc(-c4ccc(-c5ccccc5-c5nc(-c6ccccc6)nc6ccccc56)c(-c5ccccc5)c4)n3)c2)cc1. The van der Waals surface area contributed by atoms with Crippen LogP contribution in [0.1, 0.15) is 5.56 Å². The molecule has 0 aliphatic carbocycles. The first-order valence-electron chi connectivity index (χ1n) is 19.7. The van der Waals surface area contributed by atoms with Crippen molar-refractivity contribution in [2.45, 2.75) is 0 Å². The van der Waals surface area contributed by atoms with Gasteiger partial charge in [0, 0.05) is 33.2 Å². The van der Waals surface area contributed by atoms with E-state index in [0.29, 0.717) is 28.9 Å². The number of hydrogen-bond donors (Lipinski definition) is 0. The van der Waals surface area contributed by atoms with E-state index in [4.69, 9.17) is 24.9 Å². The van der Waals surface area contributed by atoms with Crippen molar-refractivity contribution in [3.05, 3.63) is 212 Å². The molecule has 0 radical (unpaired) electrons. The summed E-state index contributed by atoms with van der Waals surface area (Å²) in [5, 5.41) is 10.3. The molecule has 0 saturated carbocycles. The summed E-state index contributed by atoms with van der Waals surface area (Å²) in [6.45, 7) is 0. The van der Waals surface area contributed by atoms with Gasteiger partial charge >= 0.3 is 0 Å². The van der Waals surface area contributed by atoms with Gasteiger partial charge in [0.05, 0.1) is 22.8 Å². The van der Waals surface area contributed by atoms with Crippen LogP contribution in [0.25, 0.3) is 101 Å². The Balaban J connectivity index is 1.14. The van der Waals surface area contributed by atoms with E-state index < -0.39 is 0 Å². The molecule has 0 saturated heterocycles. The zero-order chi connectivity index (χ0) is 40.3. The Morgan fingerprint density at radius 3 is 1.45 bits per heavy atom. The van der Waals surface area contributed by atoms with Crippen molar-refractivity contribution >= 4 is 10.9 Å². The van der Waals surface area contributed by atoms with Crippen molar-refractivity contribution in [1.82, 2.24) is 24.9 Å². The lowest BCUT2D eigenvalue weighted by atomic mass is 9.88. The zero-order valence-electron chi connectivity index (χ0n) is 32.3. The largest absolute Gasteiger partial charge is 0.228 e. The molecule has 0 aliphatic heterocycles. The van der Waals surface area contributed by atoms with Crippen molar-refractivity contribution in [2.75, 3.05) is 0 Å². The third-order valence-electron chi connectivity index (χ3n) is 10.6. The van der Waals surface area contributed by atoms with Gasteiger partial charge in [-0.2, -0.15) is 5.26 Å². The average Bonchev–Trinajstić information content (AvgIpc) is 3.34. The molecule has 0 spiro atoms. The number of aromatic nitrogens is 5. The molecule has 2 heterocycles. The molecule has 8 aromatic carbocycles. The minimum absolute atomic E-state index is 0.564. The van der Waals surface area contributed by atoms with Crippen LogP contribution >= 0.6 is 0 Å². The van der Waals surface area contributed by atoms with Gasteiger partial charge in [0.15, 0.2) is 23.3 Å². The van der Waals surface area contributed by atoms with Crippen molar-refractivity contribution in [1.29, 1.82) is 5.26 Å². The summed E-state index contributed by atoms with van der Waals surface area (Å²) < 4.78 is 0. The quantitative estimate of drug-likeness (QED) is 0.153. The summed E-state index contributed by atoms with van der Waals surface area (Å²) >= 11 is 0. The fraction of sp³-hybridized carbons (Fsp3) is 0. The van der Waals surface area contributed by atoms with Crippen LogP contribution in [-0.4, -0.2) is 24.9 Å². The summed E-state index contributed by atoms with van der Waals surface area (Å²) in [6.07, 6.45) is 0. The van der Waals surface area contributed by atoms with Crippen molar-refractivity contribution < 1.29 is 0 Å². The van der Waals surface area contributed by atoms with Gasteiger partial charge in [-0.25, -0.2) is 24.9 Å². The first-order valence-corrected chi connectivity index (χ1v) is 19.7. The van der Waals surface area contributed by atoms with Crippen LogP contribution in [0.15, 0.2) is 206 Å². The second-order valence-corrected chi connectivity index (χ2v) is 14.4. The fourth-order valence-electron chi connectivity index (χ4n) is 7.62. The summed E-state index contributed by atoms with van der Waals surface area (Å²) in [5.74, 6) is 2.39. The van der Waals surface area contributed by atoms with Gasteiger partial charge in [0.1, 0.15) is 0 Å². The standard InChI is InChI=1S/C54H34N6/c55-35-36-27-29-37(30-28-36)41-21-14-22-42(33-41)53-58-52(40-19-8-3-9-20-40)59-54(60-53)43-31-32-45(48(34-43)38-15-4-1-5-16-38)44-23-10-11-24-46(44)50-47-25-12-13-26-49(47)56-51(57-50)39-17-6-2-7-18-39/h1-34H. The van der Waals surface area contributed by atoms with Crippen LogP contribution in [0.2, 0.25) is 0 Å². The number of para-hydroxylation sites is 1. The third kappa shape index (κ3) is 7.08. The van der Waals surface area contributed by atoms with E-state index >= 15 is 0 Å². The van der Waals surface area contributed by atoms with Crippen molar-refractivity contribution in [3.63, 3.8) is 0 Å². The van der Waals surface area contributed by atoms with Crippen LogP contribution in [0.3, 0.4) is 0 Å². The maximum Gasteiger partial charge on any atom is 0.164 e. The Morgan fingerprint density at radius 1 is 0.300 bits per heavy atom. The highest BCUT2D eigenvalue weighted by Crippen LogP contribution is 2.42. The molecule has 6 heteroatoms. The Labute approximate surface area is 347 Å². The number of fused-ring (bicyclic) bond motifs is 1. The average molecular weight is 767 g/mol. The molecule has 60 heavy (non-hydrogen) atoms. The molecular weight excluding hydrogens is 733 g/mol. The minimum atomic E-state index is 0.564. The Hall–Kier alpha value is -8.40. The number of hydrogen-bond acceptors (Lipinski definition) is 6. The second kappa shape index (κ2) is 15.9. The smallest absolute Gasteiger partial charge is 0.164 e. The summed E-state index contributed by atoms with van der Waals surface area (Å²) in [6, 6.07) is 71.7. The molecule has 0 atom stereocenters. The van der Waals surface area contributed by atoms with E-state index in [0.717, 1.165) is 77.8 Å². The topological polar surface area (TPSA) is 88.2 Å². The number of nitriles is 1. The first kappa shape index (κ1) is 36.0. The molecule has 10 aromatic rings. The molecule has 10 rings (SSSR count). The molecule has 6 nitrogen and oxygen atoms in total. The van der Waals surface area contributed by atoms with Gasteiger partial charge < -0.3 is 0 Å². The Kier molecular flexibility index (Phi) is 9.51. The number of nitrogens with zero attached hydrogens (tertiary/aromatic N) is 6. The van der Waals surface area contributed by atoms with Crippen molar-refractivity contribution in [2.24, 2.45) is 0 Å². The summed E-state index contributed by atoms with van der Waals surface area (Å²) in [5.41, 5.74) is 13.2. The van der Waals surface area contributed by atoms with E-state index in [1.807, 2.05) is 115 Å². The Bertz CT molecular complexity index is 3200. The Morgan fingerprint density at radius 2 is 0.783 bits per heavy atom. The lowest BCUT2D eigenvalue weighted by molar-refractivity contribution is 1.07. The highest BCUT2D eigenvalue weighted by atomic mass is 15.0. The highest BCUT2D eigenvalue weighted by molar-refractivity contribution is 6.00. The van der Waals surface area contributed by atoms with E-state index in [-0.39, 0.29) is 0 Å². The minimum Gasteiger partial charge on any atom is -0.228 e. The van der Waals surface area contributed by atoms with Crippen LogP contribution in [0.5, 0.6) is 0 Å². The first-order chi connectivity index (χ1) is 29.7. The van der Waals surface area contributed by atoms with Gasteiger partial charge in [-0.05, 0) is 63.7 Å². The van der Waals surface area contributed by atoms with Crippen molar-refractivity contribution in [3.8, 4) is 96.3 Å². The highest BCUT2D eigenvalue weighted by Gasteiger charge is 2.20. The number of rotatable bonds is 8. The molecule has 0 bridgehead atoms. The van der Waals surface area contributed by atoms with Gasteiger partial charge in [0.2, 0.25) is 0 Å². The molecular formula is C54H34N6. The van der Waals surface area contributed by atoms with E-state index in [2.05, 4.69) is 97.1 Å². The van der Waals surface area contributed by atoms with Crippen LogP contribution < -0.4 is 0 Å². The third-order valence-corrected chi connectivity index (χ3v) is 10.6. The second-order valence-electron chi connectivity index (χ2n) is 14.4. The van der Waals surface area contributed by atoms with Gasteiger partial charge in [-0.1, -0.05) is 176 Å². The van der Waals surface area contributed by atoms with Crippen LogP contribution in [0, 0.1) is 11.3 Å². The predicted molar refractivity (Wildman–Crippen MR) is 241 cm³/mol. The summed E-state index contributed by atoms with van der Waals surface area (Å²) in [7, 11) is 0. The normalized spacial score (nSPS) is 11.0. The number of benzene rings is 8. The monoisotopic (exact) mass is 766 g/mol. The maximum absolute atomic E-state index is 9.35. The molecule has 0 amide bonds. The van der Waals surface area contributed by atoms with Gasteiger partial charge in [0.25, 0.3) is 0 Å². The zero-order valence-corrected chi connectivity index (χ0v) is 32.3. The lowest BCUT2D eigenvalue weighted by Gasteiger charge is -2.17. The summed E-state index contributed by atoms with van der Waals surface area (Å²) in [4.78, 5) is 25.5. The molecule has 0 N–H and O–H groups in total. The molecule has 280 valence electrons.